The highest BCUT2D eigenvalue weighted by molar-refractivity contribution is 5.97. The van der Waals surface area contributed by atoms with E-state index in [-0.39, 0.29) is 0 Å². The number of phenolic OH excluding ortho intramolecular Hbond substituents is 1. The molecule has 2 heteroatoms. The molecule has 2 N–H and O–H groups in total. The van der Waals surface area contributed by atoms with Crippen molar-refractivity contribution < 1.29 is 5.11 Å². The van der Waals surface area contributed by atoms with Gasteiger partial charge in [0, 0.05) is 22.5 Å². The second kappa shape index (κ2) is 4.16. The Morgan fingerprint density at radius 2 is 1.79 bits per heavy atom. The number of hydrogen-bond acceptors (Lipinski definition) is 2. The molecule has 0 aliphatic heterocycles. The lowest BCUT2D eigenvalue weighted by molar-refractivity contribution is 0.440. The second-order valence-corrected chi connectivity index (χ2v) is 6.10. The number of phenols is 1. The number of aromatic hydroxyl groups is 1. The Kier molecular flexibility index (Phi) is 2.44. The van der Waals surface area contributed by atoms with Crippen LogP contribution in [0.2, 0.25) is 0 Å². The molecule has 3 atom stereocenters. The monoisotopic (exact) mass is 253 g/mol. The molecule has 19 heavy (non-hydrogen) atoms. The summed E-state index contributed by atoms with van der Waals surface area (Å²) in [6, 6.07) is 12.5. The van der Waals surface area contributed by atoms with Crippen LogP contribution in [0, 0.1) is 11.8 Å². The highest BCUT2D eigenvalue weighted by Gasteiger charge is 2.39. The fourth-order valence-electron chi connectivity index (χ4n) is 4.04. The summed E-state index contributed by atoms with van der Waals surface area (Å²) in [7, 11) is 0. The maximum Gasteiger partial charge on any atom is 0.123 e. The van der Waals surface area contributed by atoms with Gasteiger partial charge in [0.2, 0.25) is 0 Å². The van der Waals surface area contributed by atoms with Gasteiger partial charge in [-0.3, -0.25) is 0 Å². The number of benzene rings is 2. The third-order valence-corrected chi connectivity index (χ3v) is 4.98. The Morgan fingerprint density at radius 3 is 2.58 bits per heavy atom. The van der Waals surface area contributed by atoms with Crippen LogP contribution in [0.25, 0.3) is 10.8 Å². The first kappa shape index (κ1) is 11.2. The Labute approximate surface area is 113 Å². The summed E-state index contributed by atoms with van der Waals surface area (Å²) in [6.45, 7) is 0. The molecule has 0 spiro atoms. The van der Waals surface area contributed by atoms with Gasteiger partial charge in [-0.1, -0.05) is 30.7 Å². The van der Waals surface area contributed by atoms with Crippen molar-refractivity contribution in [2.45, 2.75) is 31.7 Å². The van der Waals surface area contributed by atoms with E-state index in [9.17, 15) is 5.11 Å². The van der Waals surface area contributed by atoms with Crippen LogP contribution in [-0.4, -0.2) is 11.1 Å². The fraction of sp³-hybridized carbons (Fsp3) is 0.412. The van der Waals surface area contributed by atoms with E-state index in [2.05, 4.69) is 17.4 Å². The van der Waals surface area contributed by atoms with E-state index in [0.717, 1.165) is 22.6 Å². The zero-order valence-electron chi connectivity index (χ0n) is 11.0. The minimum Gasteiger partial charge on any atom is -0.507 e. The molecular formula is C17H19NO. The quantitative estimate of drug-likeness (QED) is 0.842. The van der Waals surface area contributed by atoms with Gasteiger partial charge in [-0.15, -0.1) is 0 Å². The topological polar surface area (TPSA) is 32.3 Å². The molecule has 2 fully saturated rings. The smallest absolute Gasteiger partial charge is 0.123 e. The molecule has 2 saturated carbocycles. The van der Waals surface area contributed by atoms with E-state index in [0.29, 0.717) is 11.8 Å². The first-order valence-corrected chi connectivity index (χ1v) is 7.28. The van der Waals surface area contributed by atoms with Crippen molar-refractivity contribution in [3.05, 3.63) is 36.4 Å². The van der Waals surface area contributed by atoms with Crippen LogP contribution in [0.4, 0.5) is 5.69 Å². The summed E-state index contributed by atoms with van der Waals surface area (Å²) < 4.78 is 0. The van der Waals surface area contributed by atoms with Crippen molar-refractivity contribution in [2.75, 3.05) is 5.32 Å². The van der Waals surface area contributed by atoms with Crippen molar-refractivity contribution in [1.82, 2.24) is 0 Å². The standard InChI is InChI=1S/C17H19NO/c19-17-6-2-3-13-14(17)4-1-5-15(13)18-16-10-11-7-8-12(16)9-11/h1-6,11-12,16,18-19H,7-10H2. The Morgan fingerprint density at radius 1 is 0.947 bits per heavy atom. The summed E-state index contributed by atoms with van der Waals surface area (Å²) in [5.74, 6) is 2.18. The van der Waals surface area contributed by atoms with Crippen LogP contribution >= 0.6 is 0 Å². The molecule has 4 rings (SSSR count). The third kappa shape index (κ3) is 1.78. The minimum absolute atomic E-state index is 0.370. The lowest BCUT2D eigenvalue weighted by Gasteiger charge is -2.24. The van der Waals surface area contributed by atoms with Gasteiger partial charge in [-0.05, 0) is 43.2 Å². The largest absolute Gasteiger partial charge is 0.507 e. The van der Waals surface area contributed by atoms with Crippen LogP contribution in [0.15, 0.2) is 36.4 Å². The average Bonchev–Trinajstić information content (AvgIpc) is 3.02. The van der Waals surface area contributed by atoms with E-state index in [1.54, 1.807) is 6.07 Å². The average molecular weight is 253 g/mol. The normalized spacial score (nSPS) is 28.9. The van der Waals surface area contributed by atoms with E-state index in [1.165, 1.54) is 31.4 Å². The first-order valence-electron chi connectivity index (χ1n) is 7.28. The summed E-state index contributed by atoms with van der Waals surface area (Å²) in [5, 5.41) is 15.7. The Balaban J connectivity index is 1.70. The molecule has 2 bridgehead atoms. The van der Waals surface area contributed by atoms with Gasteiger partial charge in [0.25, 0.3) is 0 Å². The molecule has 0 saturated heterocycles. The molecule has 0 heterocycles. The number of nitrogens with one attached hydrogen (secondary N) is 1. The van der Waals surface area contributed by atoms with Gasteiger partial charge in [0.1, 0.15) is 5.75 Å². The number of anilines is 1. The van der Waals surface area contributed by atoms with Gasteiger partial charge in [0.05, 0.1) is 0 Å². The van der Waals surface area contributed by atoms with Gasteiger partial charge in [-0.25, -0.2) is 0 Å². The zero-order valence-corrected chi connectivity index (χ0v) is 11.0. The first-order chi connectivity index (χ1) is 9.31. The second-order valence-electron chi connectivity index (χ2n) is 6.10. The molecule has 2 aliphatic rings. The lowest BCUT2D eigenvalue weighted by atomic mass is 9.95. The Hall–Kier alpha value is -1.70. The molecule has 98 valence electrons. The summed E-state index contributed by atoms with van der Waals surface area (Å²) >= 11 is 0. The molecule has 3 unspecified atom stereocenters. The van der Waals surface area contributed by atoms with Gasteiger partial charge < -0.3 is 10.4 Å². The number of fused-ring (bicyclic) bond motifs is 3. The van der Waals surface area contributed by atoms with Crippen LogP contribution in [0.3, 0.4) is 0 Å². The molecule has 0 radical (unpaired) electrons. The zero-order chi connectivity index (χ0) is 12.8. The molecule has 2 nitrogen and oxygen atoms in total. The maximum atomic E-state index is 9.93. The summed E-state index contributed by atoms with van der Waals surface area (Å²) in [5.41, 5.74) is 1.17. The predicted molar refractivity (Wildman–Crippen MR) is 78.5 cm³/mol. The molecule has 0 aromatic heterocycles. The van der Waals surface area contributed by atoms with E-state index >= 15 is 0 Å². The van der Waals surface area contributed by atoms with Crippen molar-refractivity contribution in [3.8, 4) is 5.75 Å². The predicted octanol–water partition coefficient (Wildman–Crippen LogP) is 4.15. The molecule has 2 aromatic rings. The molecule has 2 aliphatic carbocycles. The maximum absolute atomic E-state index is 9.93. The highest BCUT2D eigenvalue weighted by Crippen LogP contribution is 2.46. The molecular weight excluding hydrogens is 234 g/mol. The van der Waals surface area contributed by atoms with Crippen molar-refractivity contribution >= 4 is 16.5 Å². The third-order valence-electron chi connectivity index (χ3n) is 4.98. The number of rotatable bonds is 2. The van der Waals surface area contributed by atoms with Crippen LogP contribution in [-0.2, 0) is 0 Å². The number of hydrogen-bond donors (Lipinski definition) is 2. The van der Waals surface area contributed by atoms with Crippen LogP contribution in [0.1, 0.15) is 25.7 Å². The van der Waals surface area contributed by atoms with Gasteiger partial charge >= 0.3 is 0 Å². The van der Waals surface area contributed by atoms with E-state index in [4.69, 9.17) is 0 Å². The van der Waals surface area contributed by atoms with Crippen molar-refractivity contribution in [2.24, 2.45) is 11.8 Å². The van der Waals surface area contributed by atoms with Crippen molar-refractivity contribution in [3.63, 3.8) is 0 Å². The van der Waals surface area contributed by atoms with E-state index in [1.807, 2.05) is 18.2 Å². The Bertz CT molecular complexity index is 622. The summed E-state index contributed by atoms with van der Waals surface area (Å²) in [6.07, 6.45) is 5.55. The SMILES string of the molecule is Oc1cccc2c(NC3CC4CCC3C4)cccc12. The summed E-state index contributed by atoms with van der Waals surface area (Å²) in [4.78, 5) is 0. The van der Waals surface area contributed by atoms with Crippen LogP contribution < -0.4 is 5.32 Å². The lowest BCUT2D eigenvalue weighted by Crippen LogP contribution is -2.25. The van der Waals surface area contributed by atoms with Crippen LogP contribution in [0.5, 0.6) is 5.75 Å². The fourth-order valence-corrected chi connectivity index (χ4v) is 4.04. The molecule has 0 amide bonds. The molecule has 2 aromatic carbocycles. The van der Waals surface area contributed by atoms with Crippen molar-refractivity contribution in [1.29, 1.82) is 0 Å². The van der Waals surface area contributed by atoms with E-state index < -0.39 is 0 Å². The minimum atomic E-state index is 0.370. The highest BCUT2D eigenvalue weighted by atomic mass is 16.3. The van der Waals surface area contributed by atoms with Gasteiger partial charge in [0.15, 0.2) is 0 Å². The van der Waals surface area contributed by atoms with Gasteiger partial charge in [-0.2, -0.15) is 0 Å².